The molecule has 1 aliphatic heterocycles. The predicted octanol–water partition coefficient (Wildman–Crippen LogP) is 1.49. The highest BCUT2D eigenvalue weighted by Crippen LogP contribution is 2.22. The topological polar surface area (TPSA) is 33.6 Å². The monoisotopic (exact) mass is 202 g/mol. The lowest BCUT2D eigenvalue weighted by Crippen LogP contribution is -2.33. The molecule has 0 spiro atoms. The Morgan fingerprint density at radius 1 is 1.77 bits per heavy atom. The van der Waals surface area contributed by atoms with E-state index in [2.05, 4.69) is 24.2 Å². The van der Waals surface area contributed by atoms with Crippen molar-refractivity contribution < 1.29 is 4.74 Å². The molecule has 0 aromatic heterocycles. The van der Waals surface area contributed by atoms with Gasteiger partial charge >= 0.3 is 0 Å². The van der Waals surface area contributed by atoms with Crippen molar-refractivity contribution in [3.8, 4) is 0 Å². The van der Waals surface area contributed by atoms with Crippen LogP contribution in [-0.4, -0.2) is 36.7 Å². The molecule has 0 saturated heterocycles. The molecular formula is C9H18N2OS. The minimum Gasteiger partial charge on any atom is -0.383 e. The van der Waals surface area contributed by atoms with Crippen molar-refractivity contribution in [2.75, 3.05) is 20.3 Å². The summed E-state index contributed by atoms with van der Waals surface area (Å²) in [5, 5.41) is 5.09. The summed E-state index contributed by atoms with van der Waals surface area (Å²) >= 11 is 1.85. The van der Waals surface area contributed by atoms with Crippen LogP contribution in [0, 0.1) is 0 Å². The first-order valence-corrected chi connectivity index (χ1v) is 5.60. The van der Waals surface area contributed by atoms with E-state index >= 15 is 0 Å². The van der Waals surface area contributed by atoms with Crippen molar-refractivity contribution in [3.63, 3.8) is 0 Å². The van der Waals surface area contributed by atoms with Gasteiger partial charge in [-0.25, -0.2) is 0 Å². The Labute approximate surface area is 84.3 Å². The van der Waals surface area contributed by atoms with Gasteiger partial charge in [0.05, 0.1) is 13.2 Å². The molecule has 2 atom stereocenters. The van der Waals surface area contributed by atoms with Gasteiger partial charge < -0.3 is 10.1 Å². The first-order valence-electron chi connectivity index (χ1n) is 4.72. The van der Waals surface area contributed by atoms with Gasteiger partial charge in [0.2, 0.25) is 0 Å². The van der Waals surface area contributed by atoms with E-state index in [-0.39, 0.29) is 0 Å². The third kappa shape index (κ3) is 3.56. The molecule has 0 saturated carbocycles. The molecular weight excluding hydrogens is 184 g/mol. The second-order valence-electron chi connectivity index (χ2n) is 3.29. The van der Waals surface area contributed by atoms with E-state index in [9.17, 15) is 0 Å². The highest BCUT2D eigenvalue weighted by Gasteiger charge is 2.18. The van der Waals surface area contributed by atoms with E-state index in [4.69, 9.17) is 4.74 Å². The molecule has 0 aliphatic carbocycles. The van der Waals surface area contributed by atoms with Crippen LogP contribution < -0.4 is 5.32 Å². The van der Waals surface area contributed by atoms with E-state index < -0.39 is 0 Å². The van der Waals surface area contributed by atoms with Gasteiger partial charge in [0, 0.05) is 18.4 Å². The zero-order valence-electron chi connectivity index (χ0n) is 8.54. The summed E-state index contributed by atoms with van der Waals surface area (Å²) in [7, 11) is 1.72. The fourth-order valence-electron chi connectivity index (χ4n) is 1.21. The molecule has 0 bridgehead atoms. The standard InChI is InChI=1S/C9H18N2OS/c1-4-8-5-10-9(13-8)11-7(2)6-12-3/h7-8H,4-6H2,1-3H3,(H,10,11). The Morgan fingerprint density at radius 2 is 2.54 bits per heavy atom. The lowest BCUT2D eigenvalue weighted by molar-refractivity contribution is 0.179. The Balaban J connectivity index is 2.23. The lowest BCUT2D eigenvalue weighted by Gasteiger charge is -2.13. The number of aliphatic imine (C=N–C) groups is 1. The summed E-state index contributed by atoms with van der Waals surface area (Å²) in [4.78, 5) is 4.42. The van der Waals surface area contributed by atoms with Crippen LogP contribution in [-0.2, 0) is 4.74 Å². The maximum atomic E-state index is 5.04. The van der Waals surface area contributed by atoms with Crippen molar-refractivity contribution in [2.45, 2.75) is 31.6 Å². The summed E-state index contributed by atoms with van der Waals surface area (Å²) in [5.41, 5.74) is 0. The normalized spacial score (nSPS) is 24.2. The molecule has 76 valence electrons. The fourth-order valence-corrected chi connectivity index (χ4v) is 2.26. The first-order chi connectivity index (χ1) is 6.26. The number of thioether (sulfide) groups is 1. The second-order valence-corrected chi connectivity index (χ2v) is 4.58. The molecule has 0 amide bonds. The molecule has 1 N–H and O–H groups in total. The van der Waals surface area contributed by atoms with Gasteiger partial charge in [-0.2, -0.15) is 0 Å². The van der Waals surface area contributed by atoms with Crippen LogP contribution in [0.15, 0.2) is 4.99 Å². The molecule has 0 radical (unpaired) electrons. The highest BCUT2D eigenvalue weighted by atomic mass is 32.2. The van der Waals surface area contributed by atoms with Crippen molar-refractivity contribution in [1.82, 2.24) is 5.32 Å². The summed E-state index contributed by atoms with van der Waals surface area (Å²) in [6, 6.07) is 0.354. The van der Waals surface area contributed by atoms with Crippen molar-refractivity contribution >= 4 is 16.9 Å². The van der Waals surface area contributed by atoms with Gasteiger partial charge in [0.15, 0.2) is 5.17 Å². The summed E-state index contributed by atoms with van der Waals surface area (Å²) in [6.45, 7) is 6.00. The molecule has 2 unspecified atom stereocenters. The van der Waals surface area contributed by atoms with Crippen molar-refractivity contribution in [3.05, 3.63) is 0 Å². The number of nitrogens with zero attached hydrogens (tertiary/aromatic N) is 1. The molecule has 0 aromatic carbocycles. The minimum atomic E-state index is 0.354. The van der Waals surface area contributed by atoms with Crippen molar-refractivity contribution in [2.24, 2.45) is 4.99 Å². The van der Waals surface area contributed by atoms with Crippen molar-refractivity contribution in [1.29, 1.82) is 0 Å². The van der Waals surface area contributed by atoms with Crippen LogP contribution in [0.4, 0.5) is 0 Å². The van der Waals surface area contributed by atoms with E-state index in [1.165, 1.54) is 6.42 Å². The van der Waals surface area contributed by atoms with Crippen LogP contribution in [0.1, 0.15) is 20.3 Å². The average Bonchev–Trinajstić information content (AvgIpc) is 2.52. The molecule has 1 heterocycles. The van der Waals surface area contributed by atoms with Crippen LogP contribution in [0.2, 0.25) is 0 Å². The van der Waals surface area contributed by atoms with E-state index in [0.717, 1.165) is 18.3 Å². The van der Waals surface area contributed by atoms with Gasteiger partial charge in [-0.15, -0.1) is 0 Å². The number of nitrogens with one attached hydrogen (secondary N) is 1. The van der Waals surface area contributed by atoms with E-state index in [1.54, 1.807) is 7.11 Å². The fraction of sp³-hybridized carbons (Fsp3) is 0.889. The SMILES string of the molecule is CCC1CN=C(NC(C)COC)S1. The first kappa shape index (κ1) is 10.9. The summed E-state index contributed by atoms with van der Waals surface area (Å²) in [5.74, 6) is 0. The maximum absolute atomic E-state index is 5.04. The third-order valence-electron chi connectivity index (χ3n) is 1.96. The van der Waals surface area contributed by atoms with Crippen LogP contribution in [0.3, 0.4) is 0 Å². The third-order valence-corrected chi connectivity index (χ3v) is 3.24. The number of ether oxygens (including phenoxy) is 1. The summed E-state index contributed by atoms with van der Waals surface area (Å²) < 4.78 is 5.04. The Bertz CT molecular complexity index is 184. The maximum Gasteiger partial charge on any atom is 0.157 e. The number of methoxy groups -OCH3 is 1. The minimum absolute atomic E-state index is 0.354. The average molecular weight is 202 g/mol. The number of amidine groups is 1. The van der Waals surface area contributed by atoms with Gasteiger partial charge in [0.25, 0.3) is 0 Å². The van der Waals surface area contributed by atoms with Crippen LogP contribution in [0.25, 0.3) is 0 Å². The molecule has 0 fully saturated rings. The van der Waals surface area contributed by atoms with Gasteiger partial charge in [-0.05, 0) is 13.3 Å². The van der Waals surface area contributed by atoms with Gasteiger partial charge in [0.1, 0.15) is 0 Å². The Kier molecular flexibility index (Phi) is 4.59. The molecule has 4 heteroatoms. The second kappa shape index (κ2) is 5.50. The quantitative estimate of drug-likeness (QED) is 0.750. The van der Waals surface area contributed by atoms with Gasteiger partial charge in [-0.1, -0.05) is 18.7 Å². The molecule has 1 rings (SSSR count). The Morgan fingerprint density at radius 3 is 3.08 bits per heavy atom. The number of hydrogen-bond acceptors (Lipinski definition) is 4. The van der Waals surface area contributed by atoms with Gasteiger partial charge in [-0.3, -0.25) is 4.99 Å². The molecule has 13 heavy (non-hydrogen) atoms. The smallest absolute Gasteiger partial charge is 0.157 e. The molecule has 3 nitrogen and oxygen atoms in total. The van der Waals surface area contributed by atoms with Crippen LogP contribution in [0.5, 0.6) is 0 Å². The number of hydrogen-bond donors (Lipinski definition) is 1. The van der Waals surface area contributed by atoms with Crippen LogP contribution >= 0.6 is 11.8 Å². The lowest BCUT2D eigenvalue weighted by atomic mass is 10.3. The van der Waals surface area contributed by atoms with E-state index in [0.29, 0.717) is 11.3 Å². The highest BCUT2D eigenvalue weighted by molar-refractivity contribution is 8.14. The van der Waals surface area contributed by atoms with E-state index in [1.807, 2.05) is 11.8 Å². The Hall–Kier alpha value is -0.220. The molecule has 1 aliphatic rings. The largest absolute Gasteiger partial charge is 0.383 e. The summed E-state index contributed by atoms with van der Waals surface area (Å²) in [6.07, 6.45) is 1.19. The molecule has 0 aromatic rings. The predicted molar refractivity (Wildman–Crippen MR) is 58.4 cm³/mol. The zero-order chi connectivity index (χ0) is 9.68. The number of rotatable bonds is 4. The zero-order valence-corrected chi connectivity index (χ0v) is 9.36.